The summed E-state index contributed by atoms with van der Waals surface area (Å²) in [4.78, 5) is 0. The zero-order chi connectivity index (χ0) is 14.2. The second kappa shape index (κ2) is 12.1. The van der Waals surface area contributed by atoms with Crippen molar-refractivity contribution in [1.29, 1.82) is 0 Å². The quantitative estimate of drug-likeness (QED) is 0.386. The fraction of sp³-hybridized carbons (Fsp3) is 0.250. The Hall–Kier alpha value is -0.360. The predicted octanol–water partition coefficient (Wildman–Crippen LogP) is -3.92. The topological polar surface area (TPSA) is 64.6 Å². The molecular weight excluding hydrogens is 302 g/mol. The Morgan fingerprint density at radius 1 is 0.591 bits per heavy atom. The minimum absolute atomic E-state index is 0. The smallest absolute Gasteiger partial charge is 0.872 e. The van der Waals surface area contributed by atoms with Crippen molar-refractivity contribution in [3.63, 3.8) is 0 Å². The first-order valence-electron chi connectivity index (χ1n) is 6.54. The molecule has 22 heavy (non-hydrogen) atoms. The Morgan fingerprint density at radius 3 is 1.23 bits per heavy atom. The number of hydrogen-bond acceptors (Lipinski definition) is 4. The van der Waals surface area contributed by atoms with E-state index in [2.05, 4.69) is 0 Å². The maximum absolute atomic E-state index is 10.9. The Bertz CT molecular complexity index is 465. The van der Waals surface area contributed by atoms with Gasteiger partial charge in [-0.1, -0.05) is 24.3 Å². The van der Waals surface area contributed by atoms with E-state index in [0.717, 1.165) is 12.8 Å². The molecule has 0 N–H and O–H groups in total. The summed E-state index contributed by atoms with van der Waals surface area (Å²) in [6.07, 6.45) is 1.72. The van der Waals surface area contributed by atoms with Crippen molar-refractivity contribution in [3.05, 3.63) is 48.5 Å². The van der Waals surface area contributed by atoms with Crippen molar-refractivity contribution < 1.29 is 78.8 Å². The number of rotatable bonds is 7. The van der Waals surface area contributed by atoms with Crippen LogP contribution in [-0.4, -0.2) is 13.2 Å². The summed E-state index contributed by atoms with van der Waals surface area (Å²) < 4.78 is 11.0. The van der Waals surface area contributed by atoms with Crippen LogP contribution in [0.3, 0.4) is 0 Å². The molecule has 0 heterocycles. The molecule has 2 aromatic rings. The molecule has 4 nitrogen and oxygen atoms in total. The van der Waals surface area contributed by atoms with Gasteiger partial charge >= 0.3 is 59.1 Å². The molecule has 0 fully saturated rings. The third-order valence-electron chi connectivity index (χ3n) is 2.72. The van der Waals surface area contributed by atoms with Gasteiger partial charge in [-0.15, -0.1) is 11.5 Å². The van der Waals surface area contributed by atoms with E-state index in [1.54, 1.807) is 24.3 Å². The van der Waals surface area contributed by atoms with Gasteiger partial charge in [0.1, 0.15) is 11.5 Å². The first kappa shape index (κ1) is 21.6. The van der Waals surface area contributed by atoms with Crippen LogP contribution in [0, 0.1) is 0 Å². The van der Waals surface area contributed by atoms with Gasteiger partial charge < -0.3 is 19.7 Å². The van der Waals surface area contributed by atoms with Gasteiger partial charge in [0.25, 0.3) is 0 Å². The van der Waals surface area contributed by atoms with E-state index >= 15 is 0 Å². The molecule has 0 unspecified atom stereocenters. The van der Waals surface area contributed by atoms with Crippen LogP contribution in [0.2, 0.25) is 0 Å². The van der Waals surface area contributed by atoms with E-state index in [-0.39, 0.29) is 70.6 Å². The zero-order valence-corrected chi connectivity index (χ0v) is 17.1. The fourth-order valence-electron chi connectivity index (χ4n) is 1.66. The van der Waals surface area contributed by atoms with E-state index in [9.17, 15) is 10.2 Å². The maximum Gasteiger partial charge on any atom is 1.00 e. The molecule has 0 saturated heterocycles. The fourth-order valence-corrected chi connectivity index (χ4v) is 1.66. The van der Waals surface area contributed by atoms with Crippen LogP contribution in [0.1, 0.15) is 12.8 Å². The minimum Gasteiger partial charge on any atom is -0.872 e. The third kappa shape index (κ3) is 8.32. The first-order chi connectivity index (χ1) is 9.74. The minimum atomic E-state index is -0.0187. The molecule has 0 spiro atoms. The average molecular weight is 318 g/mol. The average Bonchev–Trinajstić information content (AvgIpc) is 2.46. The molecule has 0 saturated carbocycles. The summed E-state index contributed by atoms with van der Waals surface area (Å²) in [5.74, 6) is 1.37. The second-order valence-electron chi connectivity index (χ2n) is 4.35. The normalized spacial score (nSPS) is 9.27. The molecule has 0 radical (unpaired) electrons. The largest absolute Gasteiger partial charge is 1.00 e. The summed E-state index contributed by atoms with van der Waals surface area (Å²) in [7, 11) is 0. The molecule has 106 valence electrons. The zero-order valence-electron chi connectivity index (χ0n) is 13.1. The maximum atomic E-state index is 10.9. The van der Waals surface area contributed by atoms with Crippen LogP contribution in [0.15, 0.2) is 48.5 Å². The van der Waals surface area contributed by atoms with Gasteiger partial charge in [-0.05, 0) is 37.1 Å². The van der Waals surface area contributed by atoms with Crippen molar-refractivity contribution in [2.24, 2.45) is 0 Å². The first-order valence-corrected chi connectivity index (χ1v) is 6.54. The van der Waals surface area contributed by atoms with Gasteiger partial charge in [-0.3, -0.25) is 0 Å². The van der Waals surface area contributed by atoms with Gasteiger partial charge in [0.2, 0.25) is 0 Å². The van der Waals surface area contributed by atoms with E-state index in [0.29, 0.717) is 24.7 Å². The van der Waals surface area contributed by atoms with Crippen molar-refractivity contribution in [2.45, 2.75) is 12.8 Å². The van der Waals surface area contributed by atoms with Crippen LogP contribution >= 0.6 is 0 Å². The van der Waals surface area contributed by atoms with Crippen molar-refractivity contribution in [1.82, 2.24) is 0 Å². The summed E-state index contributed by atoms with van der Waals surface area (Å²) in [6, 6.07) is 12.6. The van der Waals surface area contributed by atoms with Gasteiger partial charge in [0.15, 0.2) is 0 Å². The van der Waals surface area contributed by atoms with E-state index in [1.807, 2.05) is 0 Å². The van der Waals surface area contributed by atoms with Crippen molar-refractivity contribution >= 4 is 0 Å². The number of unbranched alkanes of at least 4 members (excludes halogenated alkanes) is 1. The molecule has 0 aliphatic rings. The number of ether oxygens (including phenoxy) is 2. The van der Waals surface area contributed by atoms with Gasteiger partial charge in [0.05, 0.1) is 13.2 Å². The molecular formula is C16H16Na2O4. The van der Waals surface area contributed by atoms with Gasteiger partial charge in [-0.2, -0.15) is 0 Å². The third-order valence-corrected chi connectivity index (χ3v) is 2.72. The number of benzene rings is 2. The standard InChI is InChI=1S/C16H18O4.2Na/c17-13-3-7-15(8-4-13)19-11-1-2-12-20-16-9-5-14(18)6-10-16;;/h3-10,17-18H,1-2,11-12H2;;/q;2*+1/p-2. The van der Waals surface area contributed by atoms with Gasteiger partial charge in [0, 0.05) is 0 Å². The predicted molar refractivity (Wildman–Crippen MR) is 72.0 cm³/mol. The molecule has 2 aromatic carbocycles. The van der Waals surface area contributed by atoms with Gasteiger partial charge in [-0.25, -0.2) is 0 Å². The van der Waals surface area contributed by atoms with E-state index in [1.165, 1.54) is 24.3 Å². The van der Waals surface area contributed by atoms with Crippen LogP contribution in [0.4, 0.5) is 0 Å². The number of hydrogen-bond donors (Lipinski definition) is 0. The summed E-state index contributed by atoms with van der Waals surface area (Å²) in [5.41, 5.74) is 0. The molecule has 0 aliphatic heterocycles. The summed E-state index contributed by atoms with van der Waals surface area (Å²) in [6.45, 7) is 1.17. The summed E-state index contributed by atoms with van der Waals surface area (Å²) in [5, 5.41) is 21.8. The van der Waals surface area contributed by atoms with Crippen LogP contribution < -0.4 is 78.8 Å². The molecule has 0 amide bonds. The monoisotopic (exact) mass is 318 g/mol. The van der Waals surface area contributed by atoms with Crippen LogP contribution in [0.5, 0.6) is 23.0 Å². The molecule has 2 rings (SSSR count). The Labute approximate surface area is 175 Å². The van der Waals surface area contributed by atoms with Crippen molar-refractivity contribution in [3.8, 4) is 23.0 Å². The Balaban J connectivity index is 0.00000220. The molecule has 0 atom stereocenters. The molecule has 0 aromatic heterocycles. The Kier molecular flexibility index (Phi) is 11.9. The molecule has 0 bridgehead atoms. The summed E-state index contributed by atoms with van der Waals surface area (Å²) >= 11 is 0. The van der Waals surface area contributed by atoms with Crippen molar-refractivity contribution in [2.75, 3.05) is 13.2 Å². The SMILES string of the molecule is [Na+].[Na+].[O-]c1ccc(OCCCCOc2ccc([O-])cc2)cc1. The van der Waals surface area contributed by atoms with E-state index in [4.69, 9.17) is 9.47 Å². The van der Waals surface area contributed by atoms with Crippen LogP contribution in [-0.2, 0) is 0 Å². The van der Waals surface area contributed by atoms with E-state index < -0.39 is 0 Å². The molecule has 0 aliphatic carbocycles. The van der Waals surface area contributed by atoms with Crippen LogP contribution in [0.25, 0.3) is 0 Å². The second-order valence-corrected chi connectivity index (χ2v) is 4.35. The Morgan fingerprint density at radius 2 is 0.909 bits per heavy atom. The molecule has 6 heteroatoms.